The number of halogens is 1. The first-order valence-electron chi connectivity index (χ1n) is 4.88. The highest BCUT2D eigenvalue weighted by atomic mass is 35.6. The lowest BCUT2D eigenvalue weighted by molar-refractivity contribution is -0.138. The molecule has 0 aliphatic heterocycles. The van der Waals surface area contributed by atoms with Gasteiger partial charge < -0.3 is 4.74 Å². The Balaban J connectivity index is 3.69. The molecule has 0 aromatic rings. The van der Waals surface area contributed by atoms with Crippen LogP contribution < -0.4 is 0 Å². The average molecular weight is 246 g/mol. The molecular formula is C10H16ClNO2Si. The minimum absolute atomic E-state index is 0.156. The Morgan fingerprint density at radius 2 is 2.27 bits per heavy atom. The van der Waals surface area contributed by atoms with Gasteiger partial charge >= 0.3 is 5.97 Å². The number of carbonyl (C=O) groups is 1. The van der Waals surface area contributed by atoms with E-state index in [9.17, 15) is 4.79 Å². The molecule has 0 radical (unpaired) electrons. The number of carbonyl (C=O) groups excluding carboxylic acids is 1. The Hall–Kier alpha value is -0.793. The van der Waals surface area contributed by atoms with Gasteiger partial charge in [0.25, 0.3) is 0 Å². The number of rotatable bonds is 6. The second-order valence-corrected chi connectivity index (χ2v) is 10.4. The summed E-state index contributed by atoms with van der Waals surface area (Å²) in [7, 11) is -1.59. The van der Waals surface area contributed by atoms with Crippen LogP contribution in [0.3, 0.4) is 0 Å². The lowest BCUT2D eigenvalue weighted by Crippen LogP contribution is -2.21. The van der Waals surface area contributed by atoms with Crippen molar-refractivity contribution in [1.29, 1.82) is 5.26 Å². The quantitative estimate of drug-likeness (QED) is 0.181. The molecule has 0 aliphatic carbocycles. The largest absolute Gasteiger partial charge is 0.462 e. The third-order valence-electron chi connectivity index (χ3n) is 2.19. The predicted molar refractivity (Wildman–Crippen MR) is 63.1 cm³/mol. The minimum Gasteiger partial charge on any atom is -0.462 e. The molecule has 5 heteroatoms. The summed E-state index contributed by atoms with van der Waals surface area (Å²) in [6.45, 7) is 7.74. The third kappa shape index (κ3) is 6.31. The number of nitrogens with zero attached hydrogens (tertiary/aromatic N) is 1. The van der Waals surface area contributed by atoms with Crippen LogP contribution in [0.5, 0.6) is 0 Å². The van der Waals surface area contributed by atoms with E-state index in [-0.39, 0.29) is 5.57 Å². The van der Waals surface area contributed by atoms with Gasteiger partial charge in [-0.05, 0) is 18.5 Å². The first-order valence-corrected chi connectivity index (χ1v) is 8.80. The van der Waals surface area contributed by atoms with E-state index in [1.165, 1.54) is 0 Å². The van der Waals surface area contributed by atoms with Gasteiger partial charge in [-0.15, -0.1) is 0 Å². The van der Waals surface area contributed by atoms with Crippen LogP contribution in [-0.2, 0) is 9.53 Å². The van der Waals surface area contributed by atoms with E-state index in [0.717, 1.165) is 18.5 Å². The van der Waals surface area contributed by atoms with Gasteiger partial charge in [0.05, 0.1) is 6.61 Å². The molecule has 15 heavy (non-hydrogen) atoms. The number of esters is 1. The molecule has 0 aromatic carbocycles. The van der Waals surface area contributed by atoms with Crippen molar-refractivity contribution in [3.8, 4) is 6.07 Å². The zero-order chi connectivity index (χ0) is 11.9. The average Bonchev–Trinajstić information content (AvgIpc) is 2.22. The number of nitriles is 1. The van der Waals surface area contributed by atoms with Crippen molar-refractivity contribution in [2.75, 3.05) is 6.61 Å². The molecule has 0 amide bonds. The summed E-state index contributed by atoms with van der Waals surface area (Å²) < 4.78 is 4.84. The number of hydrogen-bond donors (Lipinski definition) is 0. The summed E-state index contributed by atoms with van der Waals surface area (Å²) in [6.07, 6.45) is 0.754. The van der Waals surface area contributed by atoms with Crippen molar-refractivity contribution < 1.29 is 9.53 Å². The van der Waals surface area contributed by atoms with Crippen LogP contribution in [0.4, 0.5) is 0 Å². The van der Waals surface area contributed by atoms with Crippen LogP contribution in [-0.4, -0.2) is 20.0 Å². The van der Waals surface area contributed by atoms with E-state index in [0.29, 0.717) is 6.61 Å². The first kappa shape index (κ1) is 14.2. The zero-order valence-corrected chi connectivity index (χ0v) is 10.9. The summed E-state index contributed by atoms with van der Waals surface area (Å²) >= 11 is 6.25. The van der Waals surface area contributed by atoms with E-state index in [1.54, 1.807) is 6.07 Å². The Morgan fingerprint density at radius 3 is 2.73 bits per heavy atom. The van der Waals surface area contributed by atoms with Crippen LogP contribution in [0, 0.1) is 11.3 Å². The standard InChI is InChI=1S/C10H16ClNO2Si/c1-4-15(3,11)7-5-6-14-10(13)9(2)8-12/h2,4-7H2,1,3H3. The van der Waals surface area contributed by atoms with Gasteiger partial charge in [-0.2, -0.15) is 16.3 Å². The normalized spacial score (nSPS) is 13.7. The smallest absolute Gasteiger partial charge is 0.348 e. The lowest BCUT2D eigenvalue weighted by atomic mass is 10.3. The van der Waals surface area contributed by atoms with Crippen molar-refractivity contribution in [3.63, 3.8) is 0 Å². The third-order valence-corrected chi connectivity index (χ3v) is 6.43. The molecule has 0 bridgehead atoms. The van der Waals surface area contributed by atoms with Crippen molar-refractivity contribution in [2.45, 2.75) is 32.0 Å². The highest BCUT2D eigenvalue weighted by Gasteiger charge is 2.21. The molecule has 0 saturated heterocycles. The highest BCUT2D eigenvalue weighted by molar-refractivity contribution is 7.19. The van der Waals surface area contributed by atoms with Gasteiger partial charge in [-0.1, -0.05) is 20.0 Å². The lowest BCUT2D eigenvalue weighted by Gasteiger charge is -2.16. The molecule has 0 heterocycles. The molecule has 0 aliphatic rings. The Kier molecular flexibility index (Phi) is 6.30. The van der Waals surface area contributed by atoms with E-state index in [4.69, 9.17) is 21.1 Å². The molecule has 0 N–H and O–H groups in total. The fraction of sp³-hybridized carbons (Fsp3) is 0.600. The van der Waals surface area contributed by atoms with Gasteiger partial charge in [-0.25, -0.2) is 4.79 Å². The van der Waals surface area contributed by atoms with Crippen molar-refractivity contribution in [2.24, 2.45) is 0 Å². The fourth-order valence-corrected chi connectivity index (χ4v) is 2.55. The van der Waals surface area contributed by atoms with Crippen LogP contribution in [0.25, 0.3) is 0 Å². The second-order valence-electron chi connectivity index (χ2n) is 3.60. The van der Waals surface area contributed by atoms with Gasteiger partial charge in [0, 0.05) is 0 Å². The number of ether oxygens (including phenoxy) is 1. The van der Waals surface area contributed by atoms with Gasteiger partial charge in [0.2, 0.25) is 0 Å². The maximum atomic E-state index is 11.0. The van der Waals surface area contributed by atoms with Crippen molar-refractivity contribution in [3.05, 3.63) is 12.2 Å². The SMILES string of the molecule is C=C(C#N)C(=O)OCCC[Si](C)(Cl)CC. The van der Waals surface area contributed by atoms with E-state index < -0.39 is 13.4 Å². The predicted octanol–water partition coefficient (Wildman–Crippen LogP) is 2.83. The molecule has 84 valence electrons. The first-order chi connectivity index (χ1) is 6.93. The van der Waals surface area contributed by atoms with Gasteiger partial charge in [-0.3, -0.25) is 0 Å². The maximum Gasteiger partial charge on any atom is 0.348 e. The molecule has 3 nitrogen and oxygen atoms in total. The fourth-order valence-electron chi connectivity index (χ4n) is 0.915. The van der Waals surface area contributed by atoms with Crippen LogP contribution in [0.15, 0.2) is 12.2 Å². The second kappa shape index (κ2) is 6.65. The van der Waals surface area contributed by atoms with E-state index in [1.807, 2.05) is 0 Å². The van der Waals surface area contributed by atoms with Crippen molar-refractivity contribution >= 4 is 24.4 Å². The highest BCUT2D eigenvalue weighted by Crippen LogP contribution is 2.21. The molecule has 0 rings (SSSR count). The Labute approximate surface area is 96.4 Å². The zero-order valence-electron chi connectivity index (χ0n) is 9.18. The van der Waals surface area contributed by atoms with E-state index >= 15 is 0 Å². The molecule has 1 unspecified atom stereocenters. The van der Waals surface area contributed by atoms with Crippen LogP contribution in [0.1, 0.15) is 13.3 Å². The summed E-state index contributed by atoms with van der Waals surface area (Å²) in [4.78, 5) is 11.0. The topological polar surface area (TPSA) is 50.1 Å². The monoisotopic (exact) mass is 245 g/mol. The van der Waals surface area contributed by atoms with Crippen LogP contribution in [0.2, 0.25) is 18.6 Å². The molecule has 0 spiro atoms. The summed E-state index contributed by atoms with van der Waals surface area (Å²) in [5.74, 6) is -0.632. The Bertz CT molecular complexity index is 284. The minimum atomic E-state index is -1.59. The molecular weight excluding hydrogens is 230 g/mol. The molecule has 0 saturated carbocycles. The van der Waals surface area contributed by atoms with Crippen molar-refractivity contribution in [1.82, 2.24) is 0 Å². The summed E-state index contributed by atoms with van der Waals surface area (Å²) in [6, 6.07) is 3.57. The Morgan fingerprint density at radius 1 is 1.67 bits per heavy atom. The number of hydrogen-bond acceptors (Lipinski definition) is 3. The molecule has 0 fully saturated rings. The van der Waals surface area contributed by atoms with Gasteiger partial charge in [0.1, 0.15) is 11.6 Å². The van der Waals surface area contributed by atoms with Gasteiger partial charge in [0.15, 0.2) is 7.38 Å². The maximum absolute atomic E-state index is 11.0. The molecule has 0 aromatic heterocycles. The summed E-state index contributed by atoms with van der Waals surface area (Å²) in [5, 5.41) is 8.36. The van der Waals surface area contributed by atoms with Crippen LogP contribution >= 0.6 is 11.1 Å². The van der Waals surface area contributed by atoms with E-state index in [2.05, 4.69) is 20.0 Å². The molecule has 1 atom stereocenters. The summed E-state index contributed by atoms with van der Waals surface area (Å²) in [5.41, 5.74) is -0.156.